The Morgan fingerprint density at radius 3 is 2.59 bits per heavy atom. The fraction of sp³-hybridized carbons (Fsp3) is 0.917. The van der Waals surface area contributed by atoms with Crippen molar-refractivity contribution in [3.8, 4) is 0 Å². The van der Waals surface area contributed by atoms with E-state index in [1.54, 1.807) is 6.26 Å². The molecule has 1 rings (SSSR count). The maximum atomic E-state index is 11.2. The highest BCUT2D eigenvalue weighted by Gasteiger charge is 2.30. The molecule has 0 saturated carbocycles. The summed E-state index contributed by atoms with van der Waals surface area (Å²) in [5.41, 5.74) is 0.398. The van der Waals surface area contributed by atoms with Gasteiger partial charge in [0.1, 0.15) is 0 Å². The third kappa shape index (κ3) is 4.28. The quantitative estimate of drug-likeness (QED) is 0.837. The van der Waals surface area contributed by atoms with Gasteiger partial charge in [-0.3, -0.25) is 9.20 Å². The van der Waals surface area contributed by atoms with Gasteiger partial charge in [-0.25, -0.2) is 0 Å². The van der Waals surface area contributed by atoms with Crippen LogP contribution >= 0.6 is 11.8 Å². The second-order valence-corrected chi connectivity index (χ2v) is 7.57. The van der Waals surface area contributed by atoms with Gasteiger partial charge in [-0.15, -0.1) is 0 Å². The average molecular weight is 276 g/mol. The molecule has 0 aromatic heterocycles. The van der Waals surface area contributed by atoms with Crippen molar-refractivity contribution in [3.05, 3.63) is 0 Å². The summed E-state index contributed by atoms with van der Waals surface area (Å²) in [6.07, 6.45) is 4.15. The van der Waals surface area contributed by atoms with Gasteiger partial charge in [-0.05, 0) is 25.2 Å². The topological polar surface area (TPSA) is 41.5 Å². The van der Waals surface area contributed by atoms with Gasteiger partial charge >= 0.3 is 0 Å². The van der Waals surface area contributed by atoms with Crippen molar-refractivity contribution in [1.29, 1.82) is 0 Å². The zero-order valence-corrected chi connectivity index (χ0v) is 12.9. The first-order valence-corrected chi connectivity index (χ1v) is 8.87. The number of nitrogens with one attached hydrogen (secondary N) is 1. The van der Waals surface area contributed by atoms with E-state index in [1.807, 2.05) is 18.7 Å². The summed E-state index contributed by atoms with van der Waals surface area (Å²) in [5.74, 6) is 1.15. The highest BCUT2D eigenvalue weighted by atomic mass is 32.2. The fourth-order valence-corrected chi connectivity index (χ4v) is 3.29. The summed E-state index contributed by atoms with van der Waals surface area (Å²) >= 11 is 1.81. The molecule has 1 heterocycles. The number of thioether (sulfide) groups is 1. The lowest BCUT2D eigenvalue weighted by Crippen LogP contribution is -2.37. The molecule has 0 saturated heterocycles. The second kappa shape index (κ2) is 6.78. The van der Waals surface area contributed by atoms with Gasteiger partial charge in [0.2, 0.25) is 0 Å². The van der Waals surface area contributed by atoms with Crippen LogP contribution in [-0.4, -0.2) is 39.7 Å². The van der Waals surface area contributed by atoms with Gasteiger partial charge < -0.3 is 5.32 Å². The molecule has 1 N–H and O–H groups in total. The molecule has 0 spiro atoms. The van der Waals surface area contributed by atoms with Gasteiger partial charge in [0.05, 0.1) is 0 Å². The second-order valence-electron chi connectivity index (χ2n) is 4.81. The lowest BCUT2D eigenvalue weighted by molar-refractivity contribution is 0.318. The summed E-state index contributed by atoms with van der Waals surface area (Å²) in [5, 5.41) is 4.52. The van der Waals surface area contributed by atoms with Crippen LogP contribution in [0.2, 0.25) is 0 Å². The highest BCUT2D eigenvalue weighted by Crippen LogP contribution is 2.34. The van der Waals surface area contributed by atoms with Crippen molar-refractivity contribution in [2.24, 2.45) is 10.4 Å². The third-order valence-electron chi connectivity index (χ3n) is 3.68. The lowest BCUT2D eigenvalue weighted by atomic mass is 9.84. The van der Waals surface area contributed by atoms with Crippen LogP contribution < -0.4 is 5.32 Å². The molecule has 5 heteroatoms. The van der Waals surface area contributed by atoms with Crippen molar-refractivity contribution < 1.29 is 4.21 Å². The first kappa shape index (κ1) is 15.0. The van der Waals surface area contributed by atoms with Crippen molar-refractivity contribution in [2.45, 2.75) is 38.9 Å². The molecule has 1 aliphatic heterocycles. The number of nitrogens with zero attached hydrogens (tertiary/aromatic N) is 1. The molecule has 0 fully saturated rings. The molecule has 1 aliphatic rings. The molecular weight excluding hydrogens is 252 g/mol. The SMILES string of the molecule is CCC1(CC)CN=C(NCC(C)S(C)=O)SC1. The van der Waals surface area contributed by atoms with Crippen molar-refractivity contribution in [2.75, 3.05) is 25.1 Å². The van der Waals surface area contributed by atoms with E-state index in [1.165, 1.54) is 12.8 Å². The maximum absolute atomic E-state index is 11.2. The molecule has 3 nitrogen and oxygen atoms in total. The highest BCUT2D eigenvalue weighted by molar-refractivity contribution is 8.13. The normalized spacial score (nSPS) is 22.7. The molecule has 2 atom stereocenters. The van der Waals surface area contributed by atoms with E-state index in [4.69, 9.17) is 0 Å². The average Bonchev–Trinajstić information content (AvgIpc) is 2.36. The fourth-order valence-electron chi connectivity index (χ4n) is 1.69. The summed E-state index contributed by atoms with van der Waals surface area (Å²) in [6.45, 7) is 8.18. The summed E-state index contributed by atoms with van der Waals surface area (Å²) in [6, 6.07) is 0. The monoisotopic (exact) mass is 276 g/mol. The Bertz CT molecular complexity index is 301. The Morgan fingerprint density at radius 2 is 2.18 bits per heavy atom. The molecule has 0 aliphatic carbocycles. The third-order valence-corrected chi connectivity index (χ3v) is 6.28. The van der Waals surface area contributed by atoms with Crippen LogP contribution in [0, 0.1) is 5.41 Å². The van der Waals surface area contributed by atoms with Crippen molar-refractivity contribution in [1.82, 2.24) is 5.32 Å². The van der Waals surface area contributed by atoms with Crippen LogP contribution in [0.1, 0.15) is 33.6 Å². The Labute approximate surface area is 112 Å². The Hall–Kier alpha value is -0.0300. The predicted molar refractivity (Wildman–Crippen MR) is 79.3 cm³/mol. The van der Waals surface area contributed by atoms with Crippen LogP contribution in [0.3, 0.4) is 0 Å². The standard InChI is InChI=1S/C12H24N2OS2/c1-5-12(6-2)8-14-11(16-9-12)13-7-10(3)17(4)15/h10H,5-9H2,1-4H3,(H,13,14). The summed E-state index contributed by atoms with van der Waals surface area (Å²) in [7, 11) is -0.760. The molecule has 100 valence electrons. The van der Waals surface area contributed by atoms with E-state index in [0.29, 0.717) is 5.41 Å². The largest absolute Gasteiger partial charge is 0.364 e. The van der Waals surface area contributed by atoms with Crippen LogP contribution in [0.5, 0.6) is 0 Å². The molecule has 0 radical (unpaired) electrons. The van der Waals surface area contributed by atoms with Gasteiger partial charge in [0.25, 0.3) is 0 Å². The zero-order valence-electron chi connectivity index (χ0n) is 11.3. The molecule has 17 heavy (non-hydrogen) atoms. The minimum absolute atomic E-state index is 0.183. The maximum Gasteiger partial charge on any atom is 0.156 e. The van der Waals surface area contributed by atoms with Crippen LogP contribution in [0.25, 0.3) is 0 Å². The first-order valence-electron chi connectivity index (χ1n) is 6.26. The number of rotatable bonds is 5. The van der Waals surface area contributed by atoms with Gasteiger partial charge in [0.15, 0.2) is 5.17 Å². The molecule has 0 amide bonds. The van der Waals surface area contributed by atoms with Crippen molar-refractivity contribution in [3.63, 3.8) is 0 Å². The van der Waals surface area contributed by atoms with Gasteiger partial charge in [-0.1, -0.05) is 25.6 Å². The van der Waals surface area contributed by atoms with E-state index in [9.17, 15) is 4.21 Å². The van der Waals surface area contributed by atoms with E-state index in [-0.39, 0.29) is 5.25 Å². The van der Waals surface area contributed by atoms with E-state index in [0.717, 1.165) is 24.0 Å². The smallest absolute Gasteiger partial charge is 0.156 e. The molecule has 0 aromatic carbocycles. The minimum atomic E-state index is -0.760. The van der Waals surface area contributed by atoms with Crippen LogP contribution in [0.4, 0.5) is 0 Å². The van der Waals surface area contributed by atoms with Crippen LogP contribution in [0.15, 0.2) is 4.99 Å². The summed E-state index contributed by atoms with van der Waals surface area (Å²) in [4.78, 5) is 4.63. The molecular formula is C12H24N2OS2. The lowest BCUT2D eigenvalue weighted by Gasteiger charge is -2.33. The zero-order chi connectivity index (χ0) is 12.9. The van der Waals surface area contributed by atoms with E-state index >= 15 is 0 Å². The molecule has 0 bridgehead atoms. The van der Waals surface area contributed by atoms with Gasteiger partial charge in [0, 0.05) is 41.1 Å². The van der Waals surface area contributed by atoms with E-state index < -0.39 is 10.8 Å². The Balaban J connectivity index is 2.44. The minimum Gasteiger partial charge on any atom is -0.364 e. The number of aliphatic imine (C=N–C) groups is 1. The first-order chi connectivity index (χ1) is 8.03. The Morgan fingerprint density at radius 1 is 1.53 bits per heavy atom. The number of amidine groups is 1. The Kier molecular flexibility index (Phi) is 6.00. The van der Waals surface area contributed by atoms with Crippen LogP contribution in [-0.2, 0) is 10.8 Å². The van der Waals surface area contributed by atoms with Gasteiger partial charge in [-0.2, -0.15) is 0 Å². The number of hydrogen-bond donors (Lipinski definition) is 1. The predicted octanol–water partition coefficient (Wildman–Crippen LogP) is 2.25. The molecule has 0 aromatic rings. The number of hydrogen-bond acceptors (Lipinski definition) is 4. The molecule has 2 unspecified atom stereocenters. The van der Waals surface area contributed by atoms with Crippen molar-refractivity contribution >= 4 is 27.7 Å². The summed E-state index contributed by atoms with van der Waals surface area (Å²) < 4.78 is 11.2. The van der Waals surface area contributed by atoms with E-state index in [2.05, 4.69) is 24.2 Å².